The zero-order valence-electron chi connectivity index (χ0n) is 14.0. The summed E-state index contributed by atoms with van der Waals surface area (Å²) >= 11 is 0. The molecule has 4 amide bonds. The van der Waals surface area contributed by atoms with Crippen molar-refractivity contribution >= 4 is 23.5 Å². The third-order valence-electron chi connectivity index (χ3n) is 4.09. The molecule has 2 aromatic rings. The number of anilines is 1. The van der Waals surface area contributed by atoms with E-state index < -0.39 is 18.0 Å². The van der Waals surface area contributed by atoms with Gasteiger partial charge in [-0.15, -0.1) is 0 Å². The number of carbonyl (C=O) groups is 3. The fourth-order valence-corrected chi connectivity index (χ4v) is 2.67. The highest BCUT2D eigenvalue weighted by Gasteiger charge is 2.30. The molecule has 6 heteroatoms. The molecule has 0 bridgehead atoms. The lowest BCUT2D eigenvalue weighted by Crippen LogP contribution is -2.22. The maximum atomic E-state index is 12.4. The summed E-state index contributed by atoms with van der Waals surface area (Å²) in [6.45, 7) is 4.19. The Labute approximate surface area is 145 Å². The van der Waals surface area contributed by atoms with Gasteiger partial charge in [-0.05, 0) is 41.3 Å². The van der Waals surface area contributed by atoms with Crippen molar-refractivity contribution in [2.24, 2.45) is 0 Å². The number of rotatable bonds is 4. The summed E-state index contributed by atoms with van der Waals surface area (Å²) in [5.41, 5.74) is 2.89. The standard InChI is InChI=1S/C19H19N3O3/c1-11(2)12-6-8-13(9-7-12)17(23)20-15-5-3-4-14(10-15)16-18(24)22-19(25)21-16/h3-11,16H,1-2H3,(H,20,23)(H2,21,22,24,25). The van der Waals surface area contributed by atoms with Crippen molar-refractivity contribution in [1.29, 1.82) is 0 Å². The van der Waals surface area contributed by atoms with E-state index in [4.69, 9.17) is 0 Å². The molecule has 1 atom stereocenters. The monoisotopic (exact) mass is 337 g/mol. The van der Waals surface area contributed by atoms with Crippen LogP contribution in [-0.4, -0.2) is 17.8 Å². The van der Waals surface area contributed by atoms with Gasteiger partial charge in [-0.2, -0.15) is 0 Å². The molecule has 0 saturated carbocycles. The Morgan fingerprint density at radius 3 is 2.40 bits per heavy atom. The second kappa shape index (κ2) is 6.76. The molecular weight excluding hydrogens is 318 g/mol. The van der Waals surface area contributed by atoms with Crippen LogP contribution in [0.1, 0.15) is 47.3 Å². The number of imide groups is 1. The van der Waals surface area contributed by atoms with E-state index in [0.29, 0.717) is 22.7 Å². The normalized spacial score (nSPS) is 16.5. The van der Waals surface area contributed by atoms with Crippen LogP contribution in [0.3, 0.4) is 0 Å². The van der Waals surface area contributed by atoms with E-state index in [9.17, 15) is 14.4 Å². The number of hydrogen-bond donors (Lipinski definition) is 3. The minimum atomic E-state index is -0.741. The average Bonchev–Trinajstić information content (AvgIpc) is 2.93. The minimum Gasteiger partial charge on any atom is -0.322 e. The van der Waals surface area contributed by atoms with E-state index >= 15 is 0 Å². The van der Waals surface area contributed by atoms with Crippen LogP contribution < -0.4 is 16.0 Å². The first-order chi connectivity index (χ1) is 11.9. The van der Waals surface area contributed by atoms with Gasteiger partial charge < -0.3 is 10.6 Å². The predicted molar refractivity (Wildman–Crippen MR) is 94.3 cm³/mol. The number of urea groups is 1. The van der Waals surface area contributed by atoms with Crippen LogP contribution in [0.2, 0.25) is 0 Å². The Bertz CT molecular complexity index is 828. The first-order valence-electron chi connectivity index (χ1n) is 8.06. The van der Waals surface area contributed by atoms with Crippen molar-refractivity contribution in [3.05, 3.63) is 65.2 Å². The van der Waals surface area contributed by atoms with Gasteiger partial charge >= 0.3 is 6.03 Å². The molecule has 6 nitrogen and oxygen atoms in total. The first-order valence-corrected chi connectivity index (χ1v) is 8.06. The second-order valence-electron chi connectivity index (χ2n) is 6.25. The zero-order chi connectivity index (χ0) is 18.0. The Hall–Kier alpha value is -3.15. The lowest BCUT2D eigenvalue weighted by atomic mass is 10.0. The highest BCUT2D eigenvalue weighted by atomic mass is 16.2. The van der Waals surface area contributed by atoms with Crippen LogP contribution in [0, 0.1) is 0 Å². The van der Waals surface area contributed by atoms with Gasteiger partial charge in [0.2, 0.25) is 0 Å². The molecule has 1 saturated heterocycles. The summed E-state index contributed by atoms with van der Waals surface area (Å²) in [5.74, 6) is -0.230. The van der Waals surface area contributed by atoms with Gasteiger partial charge in [0.05, 0.1) is 0 Å². The molecule has 3 N–H and O–H groups in total. The third kappa shape index (κ3) is 3.68. The van der Waals surface area contributed by atoms with Crippen LogP contribution in [0.4, 0.5) is 10.5 Å². The molecule has 0 aromatic heterocycles. The minimum absolute atomic E-state index is 0.229. The molecule has 0 spiro atoms. The fraction of sp³-hybridized carbons (Fsp3) is 0.211. The average molecular weight is 337 g/mol. The van der Waals surface area contributed by atoms with Crippen LogP contribution in [0.25, 0.3) is 0 Å². The number of amides is 4. The van der Waals surface area contributed by atoms with E-state index in [1.807, 2.05) is 12.1 Å². The van der Waals surface area contributed by atoms with E-state index in [-0.39, 0.29) is 5.91 Å². The fourth-order valence-electron chi connectivity index (χ4n) is 2.67. The van der Waals surface area contributed by atoms with Crippen LogP contribution >= 0.6 is 0 Å². The first kappa shape index (κ1) is 16.7. The van der Waals surface area contributed by atoms with E-state index in [2.05, 4.69) is 29.8 Å². The van der Waals surface area contributed by atoms with E-state index in [1.165, 1.54) is 5.56 Å². The topological polar surface area (TPSA) is 87.3 Å². The Balaban J connectivity index is 1.74. The highest BCUT2D eigenvalue weighted by Crippen LogP contribution is 2.21. The quantitative estimate of drug-likeness (QED) is 0.750. The Morgan fingerprint density at radius 1 is 1.08 bits per heavy atom. The van der Waals surface area contributed by atoms with E-state index in [1.54, 1.807) is 36.4 Å². The second-order valence-corrected chi connectivity index (χ2v) is 6.25. The van der Waals surface area contributed by atoms with Crippen LogP contribution in [0.5, 0.6) is 0 Å². The van der Waals surface area contributed by atoms with Gasteiger partial charge in [0, 0.05) is 11.3 Å². The van der Waals surface area contributed by atoms with Gasteiger partial charge in [-0.25, -0.2) is 4.79 Å². The molecule has 3 rings (SSSR count). The maximum Gasteiger partial charge on any atom is 0.322 e. The molecule has 25 heavy (non-hydrogen) atoms. The molecule has 1 fully saturated rings. The molecular formula is C19H19N3O3. The molecule has 0 radical (unpaired) electrons. The molecule has 1 heterocycles. The van der Waals surface area contributed by atoms with Gasteiger partial charge in [0.25, 0.3) is 11.8 Å². The maximum absolute atomic E-state index is 12.4. The summed E-state index contributed by atoms with van der Waals surface area (Å²) in [6.07, 6.45) is 0. The summed E-state index contributed by atoms with van der Waals surface area (Å²) in [5, 5.41) is 7.54. The predicted octanol–water partition coefficient (Wildman–Crippen LogP) is 2.94. The van der Waals surface area contributed by atoms with Crippen LogP contribution in [0.15, 0.2) is 48.5 Å². The lowest BCUT2D eigenvalue weighted by Gasteiger charge is -2.11. The molecule has 1 unspecified atom stereocenters. The largest absolute Gasteiger partial charge is 0.322 e. The molecule has 1 aliphatic heterocycles. The summed E-state index contributed by atoms with van der Waals surface area (Å²) < 4.78 is 0. The summed E-state index contributed by atoms with van der Waals surface area (Å²) in [7, 11) is 0. The zero-order valence-corrected chi connectivity index (χ0v) is 14.0. The number of carbonyl (C=O) groups excluding carboxylic acids is 3. The number of hydrogen-bond acceptors (Lipinski definition) is 3. The van der Waals surface area contributed by atoms with Crippen molar-refractivity contribution < 1.29 is 14.4 Å². The van der Waals surface area contributed by atoms with Gasteiger partial charge in [-0.3, -0.25) is 14.9 Å². The van der Waals surface area contributed by atoms with E-state index in [0.717, 1.165) is 0 Å². The number of benzene rings is 2. The Morgan fingerprint density at radius 2 is 1.80 bits per heavy atom. The summed E-state index contributed by atoms with van der Waals surface area (Å²) in [4.78, 5) is 35.4. The van der Waals surface area contributed by atoms with Gasteiger partial charge in [0.1, 0.15) is 6.04 Å². The van der Waals surface area contributed by atoms with Crippen molar-refractivity contribution in [1.82, 2.24) is 10.6 Å². The Kier molecular flexibility index (Phi) is 4.52. The van der Waals surface area contributed by atoms with Crippen molar-refractivity contribution in [3.63, 3.8) is 0 Å². The smallest absolute Gasteiger partial charge is 0.322 e. The molecule has 2 aromatic carbocycles. The summed E-state index contributed by atoms with van der Waals surface area (Å²) in [6, 6.07) is 13.1. The highest BCUT2D eigenvalue weighted by molar-refractivity contribution is 6.06. The molecule has 128 valence electrons. The third-order valence-corrected chi connectivity index (χ3v) is 4.09. The molecule has 0 aliphatic carbocycles. The number of nitrogens with one attached hydrogen (secondary N) is 3. The molecule has 1 aliphatic rings. The van der Waals surface area contributed by atoms with Gasteiger partial charge in [0.15, 0.2) is 0 Å². The SMILES string of the molecule is CC(C)c1ccc(C(=O)Nc2cccc(C3NC(=O)NC3=O)c2)cc1. The lowest BCUT2D eigenvalue weighted by molar-refractivity contribution is -0.120. The van der Waals surface area contributed by atoms with Crippen molar-refractivity contribution in [2.75, 3.05) is 5.32 Å². The van der Waals surface area contributed by atoms with Gasteiger partial charge in [-0.1, -0.05) is 38.1 Å². The van der Waals surface area contributed by atoms with Crippen molar-refractivity contribution in [2.45, 2.75) is 25.8 Å². The van der Waals surface area contributed by atoms with Crippen molar-refractivity contribution in [3.8, 4) is 0 Å². The van der Waals surface area contributed by atoms with Crippen LogP contribution in [-0.2, 0) is 4.79 Å².